The largest absolute Gasteiger partial charge is 0.349 e. The van der Waals surface area contributed by atoms with Gasteiger partial charge in [0, 0.05) is 105 Å². The molecule has 1 aliphatic heterocycles. The highest BCUT2D eigenvalue weighted by molar-refractivity contribution is 7.63. The fourth-order valence-electron chi connectivity index (χ4n) is 3.22. The summed E-state index contributed by atoms with van der Waals surface area (Å²) < 4.78 is 23.0. The molecule has 36 heavy (non-hydrogen) atoms. The number of rotatable bonds is 2. The lowest BCUT2D eigenvalue weighted by molar-refractivity contribution is 0.484. The molecule has 192 valence electrons. The van der Waals surface area contributed by atoms with Crippen LogP contribution in [0.5, 0.6) is 0 Å². The predicted molar refractivity (Wildman–Crippen MR) is 146 cm³/mol. The Labute approximate surface area is 210 Å². The SMILES string of the molecule is CN(C)C(=NP1(N=C(N(C)C)N(C)C)=NC(n2ccc(=O)cc2)=NC(n2ccc(=O)cc2)=N1)N(C)C. The average molecular weight is 514 g/mol. The zero-order chi connectivity index (χ0) is 26.6. The van der Waals surface area contributed by atoms with E-state index in [0.717, 1.165) is 0 Å². The highest BCUT2D eigenvalue weighted by Gasteiger charge is 2.29. The molecule has 2 aromatic heterocycles. The van der Waals surface area contributed by atoms with Crippen LogP contribution in [-0.4, -0.2) is 109 Å². The van der Waals surface area contributed by atoms with Crippen molar-refractivity contribution in [2.75, 3.05) is 56.4 Å². The Hall–Kier alpha value is -3.99. The number of guanidine groups is 2. The van der Waals surface area contributed by atoms with Crippen molar-refractivity contribution in [3.8, 4) is 0 Å². The van der Waals surface area contributed by atoms with Crippen LogP contribution in [-0.2, 0) is 0 Å². The number of aromatic nitrogens is 2. The zero-order valence-electron chi connectivity index (χ0n) is 21.8. The van der Waals surface area contributed by atoms with E-state index in [9.17, 15) is 9.59 Å². The molecule has 0 fully saturated rings. The lowest BCUT2D eigenvalue weighted by Gasteiger charge is -2.28. The standard InChI is InChI=1S/C22H32N11O2P/c1-28(2)21(29(3)4)26-36(27-22(30(5)6)31(7)8)24-19(32-13-9-17(34)10-14-32)23-20(25-36)33-15-11-18(35)12-16-33/h9-16H,1-8H3. The molecule has 0 radical (unpaired) electrons. The summed E-state index contributed by atoms with van der Waals surface area (Å²) in [5.41, 5.74) is -0.280. The van der Waals surface area contributed by atoms with Gasteiger partial charge in [0.05, 0.1) is 0 Å². The molecular weight excluding hydrogens is 481 g/mol. The highest BCUT2D eigenvalue weighted by Crippen LogP contribution is 2.57. The summed E-state index contributed by atoms with van der Waals surface area (Å²) in [4.78, 5) is 35.5. The Morgan fingerprint density at radius 2 is 1.03 bits per heavy atom. The smallest absolute Gasteiger partial charge is 0.317 e. The average Bonchev–Trinajstić information content (AvgIpc) is 2.81. The highest BCUT2D eigenvalue weighted by atomic mass is 31.2. The molecule has 0 bridgehead atoms. The molecule has 0 atom stereocenters. The zero-order valence-corrected chi connectivity index (χ0v) is 22.7. The van der Waals surface area contributed by atoms with Gasteiger partial charge in [-0.2, -0.15) is 24.0 Å². The van der Waals surface area contributed by atoms with E-state index in [4.69, 9.17) is 19.0 Å². The molecule has 0 unspecified atom stereocenters. The van der Waals surface area contributed by atoms with Crippen molar-refractivity contribution >= 4 is 31.3 Å². The molecule has 0 saturated carbocycles. The third-order valence-corrected chi connectivity index (χ3v) is 6.54. The maximum atomic E-state index is 11.7. The van der Waals surface area contributed by atoms with Crippen molar-refractivity contribution in [2.24, 2.45) is 24.0 Å². The van der Waals surface area contributed by atoms with E-state index in [-0.39, 0.29) is 22.8 Å². The molecule has 0 aliphatic carbocycles. The quantitative estimate of drug-likeness (QED) is 0.336. The van der Waals surface area contributed by atoms with Crippen molar-refractivity contribution in [3.63, 3.8) is 0 Å². The number of pyridine rings is 2. The molecule has 0 spiro atoms. The minimum atomic E-state index is -3.29. The van der Waals surface area contributed by atoms with Crippen LogP contribution in [0, 0.1) is 0 Å². The maximum Gasteiger partial charge on any atom is 0.317 e. The number of hydrogen-bond acceptors (Lipinski definition) is 7. The van der Waals surface area contributed by atoms with Crippen molar-refractivity contribution in [1.82, 2.24) is 28.7 Å². The van der Waals surface area contributed by atoms with Crippen molar-refractivity contribution in [3.05, 3.63) is 69.5 Å². The molecule has 13 nitrogen and oxygen atoms in total. The predicted octanol–water partition coefficient (Wildman–Crippen LogP) is 1.04. The van der Waals surface area contributed by atoms with Crippen molar-refractivity contribution in [1.29, 1.82) is 0 Å². The molecule has 0 N–H and O–H groups in total. The maximum absolute atomic E-state index is 11.7. The van der Waals surface area contributed by atoms with Crippen LogP contribution in [0.1, 0.15) is 0 Å². The van der Waals surface area contributed by atoms with Gasteiger partial charge in [-0.15, -0.1) is 0 Å². The Morgan fingerprint density at radius 1 is 0.667 bits per heavy atom. The van der Waals surface area contributed by atoms with Crippen molar-refractivity contribution < 1.29 is 0 Å². The summed E-state index contributed by atoms with van der Waals surface area (Å²) >= 11 is 0. The Bertz CT molecular complexity index is 1260. The summed E-state index contributed by atoms with van der Waals surface area (Å²) in [7, 11) is 11.7. The first-order valence-corrected chi connectivity index (χ1v) is 12.6. The molecule has 0 aromatic carbocycles. The lowest BCUT2D eigenvalue weighted by Crippen LogP contribution is -2.36. The lowest BCUT2D eigenvalue weighted by atomic mass is 10.5. The van der Waals surface area contributed by atoms with E-state index >= 15 is 0 Å². The van der Waals surface area contributed by atoms with Gasteiger partial charge in [0.25, 0.3) is 0 Å². The van der Waals surface area contributed by atoms with E-state index in [0.29, 0.717) is 11.9 Å². The van der Waals surface area contributed by atoms with Crippen LogP contribution in [0.3, 0.4) is 0 Å². The van der Waals surface area contributed by atoms with Gasteiger partial charge < -0.3 is 19.6 Å². The summed E-state index contributed by atoms with van der Waals surface area (Å²) in [6.07, 6.45) is 6.33. The minimum Gasteiger partial charge on any atom is -0.349 e. The molecule has 2 aromatic rings. The van der Waals surface area contributed by atoms with Gasteiger partial charge in [0.2, 0.25) is 23.8 Å². The second-order valence-electron chi connectivity index (χ2n) is 8.71. The Morgan fingerprint density at radius 3 is 1.39 bits per heavy atom. The number of nitrogens with zero attached hydrogens (tertiary/aromatic N) is 11. The first-order chi connectivity index (χ1) is 16.9. The second kappa shape index (κ2) is 10.7. The molecule has 3 heterocycles. The third-order valence-electron chi connectivity index (χ3n) is 4.75. The molecule has 14 heteroatoms. The molecule has 0 saturated heterocycles. The second-order valence-corrected chi connectivity index (χ2v) is 10.6. The normalized spacial score (nSPS) is 14.0. The molecule has 3 rings (SSSR count). The minimum absolute atomic E-state index is 0.140. The third kappa shape index (κ3) is 6.16. The van der Waals surface area contributed by atoms with Crippen LogP contribution in [0.2, 0.25) is 0 Å². The summed E-state index contributed by atoms with van der Waals surface area (Å²) in [5, 5.41) is 0. The van der Waals surface area contributed by atoms with Crippen LogP contribution in [0.25, 0.3) is 0 Å². The Balaban J connectivity index is 2.45. The number of hydrogen-bond donors (Lipinski definition) is 0. The van der Waals surface area contributed by atoms with E-state index in [1.54, 1.807) is 33.9 Å². The fourth-order valence-corrected chi connectivity index (χ4v) is 5.46. The van der Waals surface area contributed by atoms with Gasteiger partial charge in [-0.05, 0) is 0 Å². The summed E-state index contributed by atoms with van der Waals surface area (Å²) in [6, 6.07) is 5.69. The summed E-state index contributed by atoms with van der Waals surface area (Å²) in [6.45, 7) is 0. The van der Waals surface area contributed by atoms with Gasteiger partial charge in [-0.3, -0.25) is 18.7 Å². The van der Waals surface area contributed by atoms with E-state index in [2.05, 4.69) is 4.99 Å². The monoisotopic (exact) mass is 513 g/mol. The van der Waals surface area contributed by atoms with Crippen LogP contribution < -0.4 is 10.9 Å². The van der Waals surface area contributed by atoms with Crippen LogP contribution in [0.4, 0.5) is 0 Å². The number of aliphatic imine (C=N–C) groups is 1. The van der Waals surface area contributed by atoms with E-state index in [1.165, 1.54) is 24.3 Å². The van der Waals surface area contributed by atoms with Gasteiger partial charge in [-0.25, -0.2) is 0 Å². The summed E-state index contributed by atoms with van der Waals surface area (Å²) in [5.74, 6) is 1.73. The Kier molecular flexibility index (Phi) is 7.93. The van der Waals surface area contributed by atoms with Crippen LogP contribution >= 0.6 is 7.51 Å². The molecular formula is C22H32N11O2P. The van der Waals surface area contributed by atoms with Gasteiger partial charge in [-0.1, -0.05) is 0 Å². The first-order valence-electron chi connectivity index (χ1n) is 11.0. The topological polar surface area (TPSA) is 119 Å². The fraction of sp³-hybridized carbons (Fsp3) is 0.364. The van der Waals surface area contributed by atoms with Gasteiger partial charge in [0.1, 0.15) is 0 Å². The molecule has 0 amide bonds. The first kappa shape index (κ1) is 26.6. The van der Waals surface area contributed by atoms with Gasteiger partial charge in [0.15, 0.2) is 10.9 Å². The van der Waals surface area contributed by atoms with Gasteiger partial charge >= 0.3 is 7.51 Å². The van der Waals surface area contributed by atoms with Crippen molar-refractivity contribution in [2.45, 2.75) is 0 Å². The van der Waals surface area contributed by atoms with E-state index < -0.39 is 7.51 Å². The van der Waals surface area contributed by atoms with E-state index in [1.807, 2.05) is 76.0 Å². The molecule has 1 aliphatic rings. The van der Waals surface area contributed by atoms with Crippen LogP contribution in [0.15, 0.2) is 82.7 Å².